The van der Waals surface area contributed by atoms with E-state index in [1.54, 1.807) is 11.3 Å². The highest BCUT2D eigenvalue weighted by Gasteiger charge is 2.19. The standard InChI is InChI=1S/C15H23NOS2/c1-2-9-18-10-5-8-16-15(17)13-11-19-14-7-4-3-6-12(13)14/h11H,2-10H2,1H3,(H,16,17). The van der Waals surface area contributed by atoms with E-state index >= 15 is 0 Å². The molecule has 0 saturated carbocycles. The van der Waals surface area contributed by atoms with E-state index in [2.05, 4.69) is 17.6 Å². The third-order valence-electron chi connectivity index (χ3n) is 3.41. The summed E-state index contributed by atoms with van der Waals surface area (Å²) >= 11 is 3.74. The molecule has 0 fully saturated rings. The Hall–Kier alpha value is -0.480. The highest BCUT2D eigenvalue weighted by Crippen LogP contribution is 2.30. The van der Waals surface area contributed by atoms with Crippen LogP contribution in [0.2, 0.25) is 0 Å². The number of amides is 1. The lowest BCUT2D eigenvalue weighted by Gasteiger charge is -2.12. The van der Waals surface area contributed by atoms with Crippen LogP contribution in [0.1, 0.15) is 53.4 Å². The summed E-state index contributed by atoms with van der Waals surface area (Å²) in [6, 6.07) is 0. The van der Waals surface area contributed by atoms with Crippen LogP contribution in [-0.4, -0.2) is 24.0 Å². The second-order valence-electron chi connectivity index (χ2n) is 4.98. The van der Waals surface area contributed by atoms with Crippen LogP contribution in [0.15, 0.2) is 5.38 Å². The molecule has 1 aromatic heterocycles. The topological polar surface area (TPSA) is 29.1 Å². The Morgan fingerprint density at radius 3 is 3.05 bits per heavy atom. The first-order valence-electron chi connectivity index (χ1n) is 7.28. The number of fused-ring (bicyclic) bond motifs is 1. The Morgan fingerprint density at radius 2 is 2.21 bits per heavy atom. The van der Waals surface area contributed by atoms with Gasteiger partial charge in [0.05, 0.1) is 5.56 Å². The van der Waals surface area contributed by atoms with E-state index in [0.717, 1.165) is 30.7 Å². The maximum Gasteiger partial charge on any atom is 0.252 e. The summed E-state index contributed by atoms with van der Waals surface area (Å²) in [6.07, 6.45) is 7.08. The zero-order valence-electron chi connectivity index (χ0n) is 11.7. The van der Waals surface area contributed by atoms with E-state index < -0.39 is 0 Å². The summed E-state index contributed by atoms with van der Waals surface area (Å²) < 4.78 is 0. The Kier molecular flexibility index (Phi) is 6.24. The van der Waals surface area contributed by atoms with E-state index in [0.29, 0.717) is 0 Å². The lowest BCUT2D eigenvalue weighted by molar-refractivity contribution is 0.0953. The fraction of sp³-hybridized carbons (Fsp3) is 0.667. The number of carbonyl (C=O) groups is 1. The summed E-state index contributed by atoms with van der Waals surface area (Å²) in [4.78, 5) is 13.6. The van der Waals surface area contributed by atoms with E-state index in [1.165, 1.54) is 41.9 Å². The normalized spacial score (nSPS) is 14.2. The summed E-state index contributed by atoms with van der Waals surface area (Å²) in [7, 11) is 0. The lowest BCUT2D eigenvalue weighted by atomic mass is 9.96. The maximum absolute atomic E-state index is 12.2. The van der Waals surface area contributed by atoms with Gasteiger partial charge in [-0.2, -0.15) is 11.8 Å². The van der Waals surface area contributed by atoms with Crippen molar-refractivity contribution in [2.24, 2.45) is 0 Å². The fourth-order valence-electron chi connectivity index (χ4n) is 2.40. The number of thiophene rings is 1. The number of aryl methyl sites for hydroxylation is 1. The fourth-order valence-corrected chi connectivity index (χ4v) is 4.37. The van der Waals surface area contributed by atoms with Gasteiger partial charge in [-0.05, 0) is 55.6 Å². The second-order valence-corrected chi connectivity index (χ2v) is 7.17. The molecule has 0 spiro atoms. The van der Waals surface area contributed by atoms with Crippen LogP contribution < -0.4 is 5.32 Å². The number of hydrogen-bond acceptors (Lipinski definition) is 3. The van der Waals surface area contributed by atoms with Gasteiger partial charge in [-0.15, -0.1) is 11.3 Å². The Morgan fingerprint density at radius 1 is 1.37 bits per heavy atom. The molecule has 1 heterocycles. The van der Waals surface area contributed by atoms with E-state index in [1.807, 2.05) is 11.8 Å². The van der Waals surface area contributed by atoms with Crippen LogP contribution in [-0.2, 0) is 12.8 Å². The van der Waals surface area contributed by atoms with Gasteiger partial charge in [-0.25, -0.2) is 0 Å². The zero-order chi connectivity index (χ0) is 13.5. The zero-order valence-corrected chi connectivity index (χ0v) is 13.3. The van der Waals surface area contributed by atoms with Crippen LogP contribution in [0.25, 0.3) is 0 Å². The molecular formula is C15H23NOS2. The first-order chi connectivity index (χ1) is 9.33. The number of carbonyl (C=O) groups excluding carboxylic acids is 1. The molecule has 1 N–H and O–H groups in total. The Labute approximate surface area is 124 Å². The molecule has 0 aromatic carbocycles. The summed E-state index contributed by atoms with van der Waals surface area (Å²) in [6.45, 7) is 3.01. The second kappa shape index (κ2) is 7.95. The van der Waals surface area contributed by atoms with Crippen molar-refractivity contribution in [1.82, 2.24) is 5.32 Å². The van der Waals surface area contributed by atoms with Crippen molar-refractivity contribution in [2.45, 2.75) is 45.4 Å². The van der Waals surface area contributed by atoms with Crippen molar-refractivity contribution in [3.05, 3.63) is 21.4 Å². The molecule has 1 amide bonds. The predicted octanol–water partition coefficient (Wildman–Crippen LogP) is 3.89. The molecule has 0 saturated heterocycles. The minimum absolute atomic E-state index is 0.139. The van der Waals surface area contributed by atoms with Crippen molar-refractivity contribution >= 4 is 29.0 Å². The molecule has 19 heavy (non-hydrogen) atoms. The number of nitrogens with one attached hydrogen (secondary N) is 1. The molecule has 0 atom stereocenters. The summed E-state index contributed by atoms with van der Waals surface area (Å²) in [5.74, 6) is 2.52. The molecule has 0 bridgehead atoms. The van der Waals surface area contributed by atoms with Crippen LogP contribution in [0.4, 0.5) is 0 Å². The van der Waals surface area contributed by atoms with Gasteiger partial charge in [0.15, 0.2) is 0 Å². The maximum atomic E-state index is 12.2. The SMILES string of the molecule is CCCSCCCNC(=O)c1csc2c1CCCC2. The first kappa shape index (κ1) is 14.9. The monoisotopic (exact) mass is 297 g/mol. The highest BCUT2D eigenvalue weighted by molar-refractivity contribution is 7.99. The van der Waals surface area contributed by atoms with Crippen LogP contribution >= 0.6 is 23.1 Å². The molecule has 4 heteroatoms. The van der Waals surface area contributed by atoms with Gasteiger partial charge in [-0.1, -0.05) is 6.92 Å². The number of hydrogen-bond donors (Lipinski definition) is 1. The van der Waals surface area contributed by atoms with Crippen molar-refractivity contribution < 1.29 is 4.79 Å². The van der Waals surface area contributed by atoms with E-state index in [4.69, 9.17) is 0 Å². The molecular weight excluding hydrogens is 274 g/mol. The smallest absolute Gasteiger partial charge is 0.252 e. The minimum atomic E-state index is 0.139. The van der Waals surface area contributed by atoms with Gasteiger partial charge < -0.3 is 5.32 Å². The molecule has 0 unspecified atom stereocenters. The number of rotatable bonds is 7. The van der Waals surface area contributed by atoms with Gasteiger partial charge in [0.25, 0.3) is 5.91 Å². The quantitative estimate of drug-likeness (QED) is 0.774. The van der Waals surface area contributed by atoms with Crippen molar-refractivity contribution in [3.8, 4) is 0 Å². The van der Waals surface area contributed by atoms with Gasteiger partial charge in [-0.3, -0.25) is 4.79 Å². The average molecular weight is 297 g/mol. The van der Waals surface area contributed by atoms with Crippen LogP contribution in [0, 0.1) is 0 Å². The van der Waals surface area contributed by atoms with Crippen LogP contribution in [0.3, 0.4) is 0 Å². The van der Waals surface area contributed by atoms with Crippen molar-refractivity contribution in [1.29, 1.82) is 0 Å². The Bertz CT molecular complexity index is 414. The molecule has 1 aliphatic rings. The number of thioether (sulfide) groups is 1. The summed E-state index contributed by atoms with van der Waals surface area (Å²) in [5, 5.41) is 5.12. The van der Waals surface area contributed by atoms with Crippen molar-refractivity contribution in [3.63, 3.8) is 0 Å². The third kappa shape index (κ3) is 4.25. The summed E-state index contributed by atoms with van der Waals surface area (Å²) in [5.41, 5.74) is 2.27. The molecule has 2 rings (SSSR count). The third-order valence-corrected chi connectivity index (χ3v) is 5.77. The molecule has 1 aromatic rings. The minimum Gasteiger partial charge on any atom is -0.352 e. The molecule has 1 aliphatic carbocycles. The van der Waals surface area contributed by atoms with Gasteiger partial charge in [0, 0.05) is 16.8 Å². The Balaban J connectivity index is 1.75. The van der Waals surface area contributed by atoms with E-state index in [9.17, 15) is 4.79 Å². The first-order valence-corrected chi connectivity index (χ1v) is 9.31. The predicted molar refractivity (Wildman–Crippen MR) is 85.5 cm³/mol. The van der Waals surface area contributed by atoms with Crippen LogP contribution in [0.5, 0.6) is 0 Å². The highest BCUT2D eigenvalue weighted by atomic mass is 32.2. The van der Waals surface area contributed by atoms with Gasteiger partial charge in [0.2, 0.25) is 0 Å². The largest absolute Gasteiger partial charge is 0.352 e. The molecule has 106 valence electrons. The molecule has 0 aliphatic heterocycles. The van der Waals surface area contributed by atoms with Gasteiger partial charge in [0.1, 0.15) is 0 Å². The lowest BCUT2D eigenvalue weighted by Crippen LogP contribution is -2.25. The average Bonchev–Trinajstić information content (AvgIpc) is 2.86. The van der Waals surface area contributed by atoms with Crippen molar-refractivity contribution in [2.75, 3.05) is 18.1 Å². The molecule has 0 radical (unpaired) electrons. The molecule has 2 nitrogen and oxygen atoms in total. The van der Waals surface area contributed by atoms with E-state index in [-0.39, 0.29) is 5.91 Å². The van der Waals surface area contributed by atoms with Gasteiger partial charge >= 0.3 is 0 Å².